The molecule has 0 saturated carbocycles. The maximum Gasteiger partial charge on any atom is 0.418 e. The fraction of sp³-hybridized carbons (Fsp3) is 0.300. The molecule has 0 radical (unpaired) electrons. The molecule has 0 aliphatic heterocycles. The standard InChI is InChI=1S/C10H9F3N2O/c1-5-14-8-4-6(16-2)3-7(9(8)15-5)10(11,12)13/h3-4H,1-2H3,(H,14,15). The van der Waals surface area contributed by atoms with Crippen molar-refractivity contribution in [2.24, 2.45) is 0 Å². The molecule has 1 N–H and O–H groups in total. The highest BCUT2D eigenvalue weighted by Gasteiger charge is 2.34. The van der Waals surface area contributed by atoms with Crippen molar-refractivity contribution in [3.05, 3.63) is 23.5 Å². The number of imidazole rings is 1. The van der Waals surface area contributed by atoms with Crippen molar-refractivity contribution in [2.75, 3.05) is 7.11 Å². The number of hydrogen-bond donors (Lipinski definition) is 1. The van der Waals surface area contributed by atoms with Crippen molar-refractivity contribution in [1.29, 1.82) is 0 Å². The molecular formula is C10H9F3N2O. The third-order valence-electron chi connectivity index (χ3n) is 2.22. The van der Waals surface area contributed by atoms with E-state index >= 15 is 0 Å². The lowest BCUT2D eigenvalue weighted by Gasteiger charge is -2.09. The van der Waals surface area contributed by atoms with Gasteiger partial charge in [-0.15, -0.1) is 0 Å². The summed E-state index contributed by atoms with van der Waals surface area (Å²) in [5.74, 6) is 0.595. The van der Waals surface area contributed by atoms with Crippen molar-refractivity contribution in [3.63, 3.8) is 0 Å². The molecule has 16 heavy (non-hydrogen) atoms. The first-order chi connectivity index (χ1) is 7.41. The van der Waals surface area contributed by atoms with Gasteiger partial charge in [0, 0.05) is 6.07 Å². The molecule has 86 valence electrons. The Kier molecular flexibility index (Phi) is 2.29. The monoisotopic (exact) mass is 230 g/mol. The minimum atomic E-state index is -4.44. The molecule has 0 amide bonds. The number of fused-ring (bicyclic) bond motifs is 1. The van der Waals surface area contributed by atoms with Crippen LogP contribution in [0.4, 0.5) is 13.2 Å². The van der Waals surface area contributed by atoms with Crippen molar-refractivity contribution >= 4 is 11.0 Å². The average molecular weight is 230 g/mol. The third-order valence-corrected chi connectivity index (χ3v) is 2.22. The van der Waals surface area contributed by atoms with E-state index in [1.165, 1.54) is 13.2 Å². The molecule has 1 aromatic heterocycles. The maximum absolute atomic E-state index is 12.7. The molecule has 2 rings (SSSR count). The summed E-state index contributed by atoms with van der Waals surface area (Å²) in [5, 5.41) is 0. The van der Waals surface area contributed by atoms with E-state index in [-0.39, 0.29) is 11.3 Å². The number of hydrogen-bond acceptors (Lipinski definition) is 2. The zero-order chi connectivity index (χ0) is 11.9. The molecule has 0 aliphatic rings. The number of aromatic amines is 1. The molecule has 2 aromatic rings. The molecular weight excluding hydrogens is 221 g/mol. The number of nitrogens with one attached hydrogen (secondary N) is 1. The van der Waals surface area contributed by atoms with Crippen LogP contribution in [0, 0.1) is 6.92 Å². The van der Waals surface area contributed by atoms with Crippen LogP contribution in [0.25, 0.3) is 11.0 Å². The molecule has 0 unspecified atom stereocenters. The Hall–Kier alpha value is -1.72. The normalized spacial score (nSPS) is 12.1. The summed E-state index contributed by atoms with van der Waals surface area (Å²) >= 11 is 0. The summed E-state index contributed by atoms with van der Waals surface area (Å²) < 4.78 is 43.0. The van der Waals surface area contributed by atoms with Crippen LogP contribution < -0.4 is 4.74 Å². The first-order valence-electron chi connectivity index (χ1n) is 4.53. The van der Waals surface area contributed by atoms with E-state index in [0.29, 0.717) is 11.3 Å². The van der Waals surface area contributed by atoms with Gasteiger partial charge in [0.15, 0.2) is 0 Å². The molecule has 3 nitrogen and oxygen atoms in total. The van der Waals surface area contributed by atoms with Gasteiger partial charge in [0.1, 0.15) is 17.1 Å². The second-order valence-electron chi connectivity index (χ2n) is 3.39. The molecule has 0 spiro atoms. The Morgan fingerprint density at radius 2 is 2.00 bits per heavy atom. The molecule has 1 aromatic carbocycles. The van der Waals surface area contributed by atoms with Gasteiger partial charge in [-0.25, -0.2) is 4.98 Å². The minimum absolute atomic E-state index is 0.0780. The number of rotatable bonds is 1. The van der Waals surface area contributed by atoms with Gasteiger partial charge in [0.2, 0.25) is 0 Å². The summed E-state index contributed by atoms with van der Waals surface area (Å²) in [6.07, 6.45) is -4.44. The van der Waals surface area contributed by atoms with E-state index in [1.54, 1.807) is 6.92 Å². The summed E-state index contributed by atoms with van der Waals surface area (Å²) in [6, 6.07) is 2.44. The Morgan fingerprint density at radius 1 is 1.31 bits per heavy atom. The first-order valence-corrected chi connectivity index (χ1v) is 4.53. The average Bonchev–Trinajstić information content (AvgIpc) is 2.54. The van der Waals surface area contributed by atoms with E-state index in [4.69, 9.17) is 4.74 Å². The number of ether oxygens (including phenoxy) is 1. The molecule has 0 fully saturated rings. The van der Waals surface area contributed by atoms with Crippen LogP contribution in [0.3, 0.4) is 0 Å². The zero-order valence-corrected chi connectivity index (χ0v) is 8.64. The van der Waals surface area contributed by atoms with E-state index in [9.17, 15) is 13.2 Å². The fourth-order valence-electron chi connectivity index (χ4n) is 1.55. The Morgan fingerprint density at radius 3 is 2.56 bits per heavy atom. The number of H-pyrrole nitrogens is 1. The topological polar surface area (TPSA) is 37.9 Å². The van der Waals surface area contributed by atoms with Crippen LogP contribution in [-0.2, 0) is 6.18 Å². The predicted molar refractivity (Wildman–Crippen MR) is 52.4 cm³/mol. The van der Waals surface area contributed by atoms with Crippen molar-refractivity contribution in [3.8, 4) is 5.75 Å². The number of benzene rings is 1. The smallest absolute Gasteiger partial charge is 0.418 e. The third kappa shape index (κ3) is 1.70. The number of nitrogens with zero attached hydrogens (tertiary/aromatic N) is 1. The lowest BCUT2D eigenvalue weighted by Crippen LogP contribution is -2.06. The summed E-state index contributed by atoms with van der Waals surface area (Å²) in [5.41, 5.74) is -0.541. The van der Waals surface area contributed by atoms with Crippen LogP contribution >= 0.6 is 0 Å². The largest absolute Gasteiger partial charge is 0.497 e. The van der Waals surface area contributed by atoms with Gasteiger partial charge in [-0.05, 0) is 13.0 Å². The van der Waals surface area contributed by atoms with Gasteiger partial charge in [-0.2, -0.15) is 13.2 Å². The van der Waals surface area contributed by atoms with Gasteiger partial charge >= 0.3 is 6.18 Å². The number of methoxy groups -OCH3 is 1. The van der Waals surface area contributed by atoms with Crippen LogP contribution in [0.15, 0.2) is 12.1 Å². The molecule has 0 bridgehead atoms. The summed E-state index contributed by atoms with van der Waals surface area (Å²) in [7, 11) is 1.32. The lowest BCUT2D eigenvalue weighted by atomic mass is 10.1. The minimum Gasteiger partial charge on any atom is -0.497 e. The van der Waals surface area contributed by atoms with Gasteiger partial charge in [-0.1, -0.05) is 0 Å². The maximum atomic E-state index is 12.7. The number of aromatic nitrogens is 2. The van der Waals surface area contributed by atoms with E-state index in [1.807, 2.05) is 0 Å². The lowest BCUT2D eigenvalue weighted by molar-refractivity contribution is -0.136. The highest BCUT2D eigenvalue weighted by Crippen LogP contribution is 2.36. The number of halogens is 3. The van der Waals surface area contributed by atoms with E-state index < -0.39 is 11.7 Å². The van der Waals surface area contributed by atoms with Crippen molar-refractivity contribution in [2.45, 2.75) is 13.1 Å². The Labute approximate surface area is 89.2 Å². The van der Waals surface area contributed by atoms with Gasteiger partial charge in [0.25, 0.3) is 0 Å². The molecule has 0 atom stereocenters. The van der Waals surface area contributed by atoms with Gasteiger partial charge in [0.05, 0.1) is 18.2 Å². The number of alkyl halides is 3. The molecule has 0 aliphatic carbocycles. The summed E-state index contributed by atoms with van der Waals surface area (Å²) in [6.45, 7) is 1.60. The highest BCUT2D eigenvalue weighted by molar-refractivity contribution is 5.81. The molecule has 6 heteroatoms. The Bertz CT molecular complexity index is 531. The van der Waals surface area contributed by atoms with Crippen LogP contribution in [0.5, 0.6) is 5.75 Å². The summed E-state index contributed by atoms with van der Waals surface area (Å²) in [4.78, 5) is 6.58. The molecule has 0 saturated heterocycles. The Balaban J connectivity index is 2.78. The van der Waals surface area contributed by atoms with Crippen molar-refractivity contribution in [1.82, 2.24) is 9.97 Å². The predicted octanol–water partition coefficient (Wildman–Crippen LogP) is 2.90. The quantitative estimate of drug-likeness (QED) is 0.817. The first kappa shape index (κ1) is 10.8. The van der Waals surface area contributed by atoms with Crippen LogP contribution in [0.2, 0.25) is 0 Å². The van der Waals surface area contributed by atoms with E-state index in [0.717, 1.165) is 6.07 Å². The number of aryl methyl sites for hydroxylation is 1. The SMILES string of the molecule is COc1cc(C(F)(F)F)c2nc(C)[nH]c2c1. The van der Waals surface area contributed by atoms with Gasteiger partial charge < -0.3 is 9.72 Å². The van der Waals surface area contributed by atoms with E-state index in [2.05, 4.69) is 9.97 Å². The van der Waals surface area contributed by atoms with Crippen LogP contribution in [0.1, 0.15) is 11.4 Å². The molecule has 1 heterocycles. The second-order valence-corrected chi connectivity index (χ2v) is 3.39. The second kappa shape index (κ2) is 3.40. The highest BCUT2D eigenvalue weighted by atomic mass is 19.4. The zero-order valence-electron chi connectivity index (χ0n) is 8.64. The fourth-order valence-corrected chi connectivity index (χ4v) is 1.55. The van der Waals surface area contributed by atoms with Crippen molar-refractivity contribution < 1.29 is 17.9 Å². The van der Waals surface area contributed by atoms with Gasteiger partial charge in [-0.3, -0.25) is 0 Å². The van der Waals surface area contributed by atoms with Crippen LogP contribution in [-0.4, -0.2) is 17.1 Å².